The highest BCUT2D eigenvalue weighted by molar-refractivity contribution is 6.08. The molecule has 0 spiro atoms. The zero-order valence-electron chi connectivity index (χ0n) is 10.7. The molecule has 1 aromatic carbocycles. The SMILES string of the molecule is CC(C(=O)Nc1cccc2cccnc12)=C1CNC1. The number of para-hydroxylation sites is 1. The Kier molecular flexibility index (Phi) is 3.01. The van der Waals surface area contributed by atoms with Gasteiger partial charge in [0, 0.05) is 30.2 Å². The maximum Gasteiger partial charge on any atom is 0.251 e. The number of nitrogens with one attached hydrogen (secondary N) is 2. The number of carbonyl (C=O) groups is 1. The molecule has 1 amide bonds. The van der Waals surface area contributed by atoms with Gasteiger partial charge in [-0.05, 0) is 24.6 Å². The lowest BCUT2D eigenvalue weighted by atomic mass is 10.0. The van der Waals surface area contributed by atoms with Crippen molar-refractivity contribution in [2.45, 2.75) is 6.92 Å². The zero-order valence-corrected chi connectivity index (χ0v) is 10.7. The van der Waals surface area contributed by atoms with E-state index in [4.69, 9.17) is 0 Å². The van der Waals surface area contributed by atoms with Gasteiger partial charge < -0.3 is 10.6 Å². The fourth-order valence-electron chi connectivity index (χ4n) is 2.10. The number of nitrogens with zero attached hydrogens (tertiary/aromatic N) is 1. The highest BCUT2D eigenvalue weighted by atomic mass is 16.1. The summed E-state index contributed by atoms with van der Waals surface area (Å²) in [6.45, 7) is 3.49. The van der Waals surface area contributed by atoms with E-state index in [9.17, 15) is 4.79 Å². The minimum Gasteiger partial charge on any atom is -0.320 e. The molecule has 4 heteroatoms. The van der Waals surface area contributed by atoms with Crippen molar-refractivity contribution in [3.63, 3.8) is 0 Å². The Labute approximate surface area is 111 Å². The van der Waals surface area contributed by atoms with Crippen molar-refractivity contribution >= 4 is 22.5 Å². The van der Waals surface area contributed by atoms with Crippen LogP contribution in [0.2, 0.25) is 0 Å². The molecule has 3 rings (SSSR count). The number of aromatic nitrogens is 1. The number of fused-ring (bicyclic) bond motifs is 1. The first-order chi connectivity index (χ1) is 9.25. The molecule has 96 valence electrons. The van der Waals surface area contributed by atoms with Crippen LogP contribution >= 0.6 is 0 Å². The first-order valence-corrected chi connectivity index (χ1v) is 6.30. The second-order valence-electron chi connectivity index (χ2n) is 4.67. The minimum absolute atomic E-state index is 0.0466. The summed E-state index contributed by atoms with van der Waals surface area (Å²) in [5.41, 5.74) is 3.55. The van der Waals surface area contributed by atoms with Crippen molar-refractivity contribution in [1.82, 2.24) is 10.3 Å². The van der Waals surface area contributed by atoms with Gasteiger partial charge in [0.25, 0.3) is 5.91 Å². The summed E-state index contributed by atoms with van der Waals surface area (Å²) in [5.74, 6) is -0.0466. The molecular formula is C15H15N3O. The lowest BCUT2D eigenvalue weighted by Crippen LogP contribution is -2.36. The number of rotatable bonds is 2. The van der Waals surface area contributed by atoms with Crippen LogP contribution in [0.4, 0.5) is 5.69 Å². The number of anilines is 1. The molecule has 1 aromatic heterocycles. The van der Waals surface area contributed by atoms with Crippen LogP contribution in [-0.2, 0) is 4.79 Å². The first-order valence-electron chi connectivity index (χ1n) is 6.30. The summed E-state index contributed by atoms with van der Waals surface area (Å²) in [5, 5.41) is 7.11. The van der Waals surface area contributed by atoms with Gasteiger partial charge in [0.05, 0.1) is 11.2 Å². The molecule has 0 atom stereocenters. The fraction of sp³-hybridized carbons (Fsp3) is 0.200. The van der Waals surface area contributed by atoms with Gasteiger partial charge in [-0.15, -0.1) is 0 Å². The molecule has 1 fully saturated rings. The topological polar surface area (TPSA) is 54.0 Å². The van der Waals surface area contributed by atoms with Crippen LogP contribution in [0.5, 0.6) is 0 Å². The van der Waals surface area contributed by atoms with Crippen molar-refractivity contribution in [3.8, 4) is 0 Å². The van der Waals surface area contributed by atoms with Crippen LogP contribution in [0.25, 0.3) is 10.9 Å². The molecule has 0 aliphatic carbocycles. The van der Waals surface area contributed by atoms with Gasteiger partial charge in [0.1, 0.15) is 0 Å². The van der Waals surface area contributed by atoms with E-state index in [1.54, 1.807) is 6.20 Å². The number of hydrogen-bond donors (Lipinski definition) is 2. The summed E-state index contributed by atoms with van der Waals surface area (Å²) in [4.78, 5) is 16.5. The number of pyridine rings is 1. The lowest BCUT2D eigenvalue weighted by Gasteiger charge is -2.21. The van der Waals surface area contributed by atoms with Crippen molar-refractivity contribution in [1.29, 1.82) is 0 Å². The Morgan fingerprint density at radius 3 is 2.79 bits per heavy atom. The Bertz CT molecular complexity index is 665. The van der Waals surface area contributed by atoms with Gasteiger partial charge in [-0.1, -0.05) is 18.2 Å². The van der Waals surface area contributed by atoms with Gasteiger partial charge in [0.2, 0.25) is 0 Å². The molecule has 0 bridgehead atoms. The molecule has 2 N–H and O–H groups in total. The van der Waals surface area contributed by atoms with Crippen LogP contribution in [0.3, 0.4) is 0 Å². The van der Waals surface area contributed by atoms with Crippen LogP contribution < -0.4 is 10.6 Å². The highest BCUT2D eigenvalue weighted by Crippen LogP contribution is 2.21. The maximum absolute atomic E-state index is 12.2. The van der Waals surface area contributed by atoms with Crippen LogP contribution in [-0.4, -0.2) is 24.0 Å². The van der Waals surface area contributed by atoms with Crippen molar-refractivity contribution in [2.75, 3.05) is 18.4 Å². The molecular weight excluding hydrogens is 238 g/mol. The predicted octanol–water partition coefficient (Wildman–Crippen LogP) is 2.09. The van der Waals surface area contributed by atoms with E-state index in [1.807, 2.05) is 37.3 Å². The Balaban J connectivity index is 1.91. The smallest absolute Gasteiger partial charge is 0.251 e. The molecule has 2 heterocycles. The van der Waals surface area contributed by atoms with Crippen LogP contribution in [0.1, 0.15) is 6.92 Å². The molecule has 0 unspecified atom stereocenters. The Hall–Kier alpha value is -2.20. The van der Waals surface area contributed by atoms with E-state index >= 15 is 0 Å². The van der Waals surface area contributed by atoms with Crippen molar-refractivity contribution in [2.24, 2.45) is 0 Å². The van der Waals surface area contributed by atoms with E-state index in [1.165, 1.54) is 5.57 Å². The van der Waals surface area contributed by atoms with Crippen LogP contribution in [0.15, 0.2) is 47.7 Å². The number of amides is 1. The van der Waals surface area contributed by atoms with Crippen LogP contribution in [0, 0.1) is 0 Å². The van der Waals surface area contributed by atoms with Crippen molar-refractivity contribution in [3.05, 3.63) is 47.7 Å². The number of hydrogen-bond acceptors (Lipinski definition) is 3. The molecule has 19 heavy (non-hydrogen) atoms. The third kappa shape index (κ3) is 2.22. The summed E-state index contributed by atoms with van der Waals surface area (Å²) in [7, 11) is 0. The summed E-state index contributed by atoms with van der Waals surface area (Å²) >= 11 is 0. The van der Waals surface area contributed by atoms with E-state index in [2.05, 4.69) is 15.6 Å². The second kappa shape index (κ2) is 4.82. The van der Waals surface area contributed by atoms with Gasteiger partial charge in [-0.3, -0.25) is 9.78 Å². The Morgan fingerprint density at radius 2 is 2.05 bits per heavy atom. The van der Waals surface area contributed by atoms with E-state index < -0.39 is 0 Å². The monoisotopic (exact) mass is 253 g/mol. The lowest BCUT2D eigenvalue weighted by molar-refractivity contribution is -0.112. The van der Waals surface area contributed by atoms with Gasteiger partial charge >= 0.3 is 0 Å². The number of benzene rings is 1. The molecule has 0 radical (unpaired) electrons. The van der Waals surface area contributed by atoms with Gasteiger partial charge in [0.15, 0.2) is 0 Å². The van der Waals surface area contributed by atoms with Gasteiger partial charge in [-0.25, -0.2) is 0 Å². The minimum atomic E-state index is -0.0466. The highest BCUT2D eigenvalue weighted by Gasteiger charge is 2.16. The molecule has 4 nitrogen and oxygen atoms in total. The maximum atomic E-state index is 12.2. The average molecular weight is 253 g/mol. The molecule has 0 saturated carbocycles. The molecule has 1 aliphatic rings. The summed E-state index contributed by atoms with van der Waals surface area (Å²) in [6.07, 6.45) is 1.74. The largest absolute Gasteiger partial charge is 0.320 e. The molecule has 1 aliphatic heterocycles. The van der Waals surface area contributed by atoms with E-state index in [0.29, 0.717) is 0 Å². The third-order valence-corrected chi connectivity index (χ3v) is 3.43. The fourth-order valence-corrected chi connectivity index (χ4v) is 2.10. The standard InChI is InChI=1S/C15H15N3O/c1-10(12-8-16-9-12)15(19)18-13-6-2-4-11-5-3-7-17-14(11)13/h2-7,16H,8-9H2,1H3,(H,18,19). The Morgan fingerprint density at radius 1 is 1.26 bits per heavy atom. The van der Waals surface area contributed by atoms with Crippen molar-refractivity contribution < 1.29 is 4.79 Å². The number of carbonyl (C=O) groups excluding carboxylic acids is 1. The summed E-state index contributed by atoms with van der Waals surface area (Å²) < 4.78 is 0. The summed E-state index contributed by atoms with van der Waals surface area (Å²) in [6, 6.07) is 9.66. The normalized spacial score (nSPS) is 14.1. The quantitative estimate of drug-likeness (QED) is 0.806. The first kappa shape index (κ1) is 11.9. The average Bonchev–Trinajstić information content (AvgIpc) is 2.37. The molecule has 1 saturated heterocycles. The predicted molar refractivity (Wildman–Crippen MR) is 75.9 cm³/mol. The second-order valence-corrected chi connectivity index (χ2v) is 4.67. The third-order valence-electron chi connectivity index (χ3n) is 3.43. The zero-order chi connectivity index (χ0) is 13.2. The van der Waals surface area contributed by atoms with E-state index in [0.717, 1.165) is 35.3 Å². The molecule has 2 aromatic rings. The van der Waals surface area contributed by atoms with E-state index in [-0.39, 0.29) is 5.91 Å². The van der Waals surface area contributed by atoms with Gasteiger partial charge in [-0.2, -0.15) is 0 Å².